The van der Waals surface area contributed by atoms with Gasteiger partial charge in [-0.3, -0.25) is 0 Å². The highest BCUT2D eigenvalue weighted by Gasteiger charge is 2.40. The number of nitrogens with zero attached hydrogens (tertiary/aromatic N) is 1. The molecular weight excluding hydrogens is 277 g/mol. The van der Waals surface area contributed by atoms with Crippen LogP contribution in [0.2, 0.25) is 0 Å². The minimum atomic E-state index is -0.742. The third-order valence-electron chi connectivity index (χ3n) is 5.26. The number of hydrogen-bond donors (Lipinski definition) is 1. The van der Waals surface area contributed by atoms with Crippen molar-refractivity contribution in [3.05, 3.63) is 35.6 Å². The Labute approximate surface area is 134 Å². The van der Waals surface area contributed by atoms with Gasteiger partial charge in [0.25, 0.3) is 0 Å². The van der Waals surface area contributed by atoms with Gasteiger partial charge in [-0.1, -0.05) is 44.9 Å². The Morgan fingerprint density at radius 1 is 1.23 bits per heavy atom. The molecule has 3 heteroatoms. The Morgan fingerprint density at radius 3 is 2.64 bits per heavy atom. The van der Waals surface area contributed by atoms with Crippen LogP contribution in [0.1, 0.15) is 63.9 Å². The van der Waals surface area contributed by atoms with Gasteiger partial charge in [-0.15, -0.1) is 0 Å². The van der Waals surface area contributed by atoms with Gasteiger partial charge in [0.15, 0.2) is 0 Å². The summed E-state index contributed by atoms with van der Waals surface area (Å²) in [5.41, 5.74) is -0.0410. The van der Waals surface area contributed by atoms with Gasteiger partial charge in [0.1, 0.15) is 5.82 Å². The van der Waals surface area contributed by atoms with E-state index in [1.165, 1.54) is 6.07 Å². The van der Waals surface area contributed by atoms with E-state index >= 15 is 0 Å². The van der Waals surface area contributed by atoms with Crippen LogP contribution in [0.3, 0.4) is 0 Å². The maximum Gasteiger partial charge on any atom is 0.126 e. The van der Waals surface area contributed by atoms with E-state index in [4.69, 9.17) is 0 Å². The van der Waals surface area contributed by atoms with Crippen molar-refractivity contribution in [1.29, 1.82) is 0 Å². The molecule has 1 aliphatic carbocycles. The van der Waals surface area contributed by atoms with Crippen molar-refractivity contribution in [3.63, 3.8) is 0 Å². The van der Waals surface area contributed by atoms with Crippen molar-refractivity contribution < 1.29 is 9.50 Å². The van der Waals surface area contributed by atoms with Crippen LogP contribution in [0.5, 0.6) is 0 Å². The molecule has 0 amide bonds. The molecule has 0 heterocycles. The molecule has 0 radical (unpaired) electrons. The van der Waals surface area contributed by atoms with E-state index in [1.54, 1.807) is 6.07 Å². The lowest BCUT2D eigenvalue weighted by Crippen LogP contribution is -2.40. The lowest BCUT2D eigenvalue weighted by atomic mass is 9.70. The highest BCUT2D eigenvalue weighted by Crippen LogP contribution is 2.44. The SMILES string of the molecule is CCN(CC)CCC[C@@]1(O)CCCC[C@H]1c1ccccc1F. The summed E-state index contributed by atoms with van der Waals surface area (Å²) in [4.78, 5) is 2.38. The molecule has 1 saturated carbocycles. The van der Waals surface area contributed by atoms with Crippen molar-refractivity contribution >= 4 is 0 Å². The van der Waals surface area contributed by atoms with Gasteiger partial charge in [-0.05, 0) is 56.9 Å². The summed E-state index contributed by atoms with van der Waals surface area (Å²) in [6.07, 6.45) is 5.56. The van der Waals surface area contributed by atoms with E-state index in [0.29, 0.717) is 5.56 Å². The first-order chi connectivity index (χ1) is 10.6. The predicted octanol–water partition coefficient (Wildman–Crippen LogP) is 4.34. The zero-order valence-electron chi connectivity index (χ0n) is 14.0. The molecule has 0 unspecified atom stereocenters. The number of benzene rings is 1. The summed E-state index contributed by atoms with van der Waals surface area (Å²) >= 11 is 0. The first-order valence-electron chi connectivity index (χ1n) is 8.80. The van der Waals surface area contributed by atoms with Crippen LogP contribution >= 0.6 is 0 Å². The van der Waals surface area contributed by atoms with Crippen molar-refractivity contribution in [3.8, 4) is 0 Å². The summed E-state index contributed by atoms with van der Waals surface area (Å²) in [5.74, 6) is -0.226. The Balaban J connectivity index is 2.06. The first-order valence-corrected chi connectivity index (χ1v) is 8.80. The van der Waals surface area contributed by atoms with Gasteiger partial charge >= 0.3 is 0 Å². The van der Waals surface area contributed by atoms with Gasteiger partial charge in [0.2, 0.25) is 0 Å². The van der Waals surface area contributed by atoms with Gasteiger partial charge in [0, 0.05) is 5.92 Å². The summed E-state index contributed by atoms with van der Waals surface area (Å²) in [5, 5.41) is 11.2. The summed E-state index contributed by atoms with van der Waals surface area (Å²) in [6, 6.07) is 6.96. The van der Waals surface area contributed by atoms with E-state index in [9.17, 15) is 9.50 Å². The summed E-state index contributed by atoms with van der Waals surface area (Å²) in [7, 11) is 0. The van der Waals surface area contributed by atoms with Crippen LogP contribution < -0.4 is 0 Å². The first kappa shape index (κ1) is 17.4. The Bertz CT molecular complexity index is 461. The lowest BCUT2D eigenvalue weighted by Gasteiger charge is -2.41. The normalized spacial score (nSPS) is 25.6. The average molecular weight is 307 g/mol. The van der Waals surface area contributed by atoms with Gasteiger partial charge < -0.3 is 10.0 Å². The average Bonchev–Trinajstić information content (AvgIpc) is 2.53. The fourth-order valence-electron chi connectivity index (χ4n) is 3.87. The number of aliphatic hydroxyl groups is 1. The second-order valence-corrected chi connectivity index (χ2v) is 6.55. The molecule has 124 valence electrons. The van der Waals surface area contributed by atoms with Crippen molar-refractivity contribution in [2.24, 2.45) is 0 Å². The summed E-state index contributed by atoms with van der Waals surface area (Å²) in [6.45, 7) is 7.44. The Hall–Kier alpha value is -0.930. The van der Waals surface area contributed by atoms with Crippen LogP contribution in [0.4, 0.5) is 4.39 Å². The fourth-order valence-corrected chi connectivity index (χ4v) is 3.87. The number of rotatable bonds is 7. The molecule has 1 aliphatic rings. The molecule has 2 atom stereocenters. The molecule has 0 aliphatic heterocycles. The topological polar surface area (TPSA) is 23.5 Å². The predicted molar refractivity (Wildman–Crippen MR) is 89.6 cm³/mol. The molecule has 2 nitrogen and oxygen atoms in total. The molecular formula is C19H30FNO. The van der Waals surface area contributed by atoms with Crippen molar-refractivity contribution in [1.82, 2.24) is 4.90 Å². The van der Waals surface area contributed by atoms with Crippen molar-refractivity contribution in [2.45, 2.75) is 63.9 Å². The van der Waals surface area contributed by atoms with Crippen LogP contribution in [-0.4, -0.2) is 35.2 Å². The Morgan fingerprint density at radius 2 is 1.95 bits per heavy atom. The minimum Gasteiger partial charge on any atom is -0.389 e. The van der Waals surface area contributed by atoms with Crippen LogP contribution in [-0.2, 0) is 0 Å². The summed E-state index contributed by atoms with van der Waals surface area (Å²) < 4.78 is 14.2. The minimum absolute atomic E-state index is 0.0563. The van der Waals surface area contributed by atoms with E-state index in [1.807, 2.05) is 12.1 Å². The third kappa shape index (κ3) is 4.08. The third-order valence-corrected chi connectivity index (χ3v) is 5.26. The van der Waals surface area contributed by atoms with Crippen molar-refractivity contribution in [2.75, 3.05) is 19.6 Å². The van der Waals surface area contributed by atoms with E-state index in [-0.39, 0.29) is 11.7 Å². The second kappa shape index (κ2) is 8.07. The lowest BCUT2D eigenvalue weighted by molar-refractivity contribution is -0.0284. The maximum atomic E-state index is 14.2. The zero-order valence-corrected chi connectivity index (χ0v) is 14.0. The molecule has 0 bridgehead atoms. The highest BCUT2D eigenvalue weighted by atomic mass is 19.1. The monoisotopic (exact) mass is 307 g/mol. The molecule has 2 rings (SSSR count). The van der Waals surface area contributed by atoms with Crippen LogP contribution in [0.25, 0.3) is 0 Å². The Kier molecular flexibility index (Phi) is 6.39. The second-order valence-electron chi connectivity index (χ2n) is 6.55. The molecule has 1 aromatic rings. The van der Waals surface area contributed by atoms with Crippen LogP contribution in [0, 0.1) is 5.82 Å². The zero-order chi connectivity index (χ0) is 16.0. The molecule has 22 heavy (non-hydrogen) atoms. The molecule has 1 N–H and O–H groups in total. The largest absolute Gasteiger partial charge is 0.389 e. The number of hydrogen-bond acceptors (Lipinski definition) is 2. The van der Waals surface area contributed by atoms with Gasteiger partial charge in [0.05, 0.1) is 5.60 Å². The molecule has 0 saturated heterocycles. The van der Waals surface area contributed by atoms with E-state index in [0.717, 1.165) is 58.2 Å². The maximum absolute atomic E-state index is 14.2. The fraction of sp³-hybridized carbons (Fsp3) is 0.684. The van der Waals surface area contributed by atoms with E-state index in [2.05, 4.69) is 18.7 Å². The molecule has 0 aromatic heterocycles. The standard InChI is InChI=1S/C19H30FNO/c1-3-21(4-2)15-9-14-19(22)13-8-7-11-17(19)16-10-5-6-12-18(16)20/h5-6,10,12,17,22H,3-4,7-9,11,13-15H2,1-2H3/t17-,19-/m0/s1. The smallest absolute Gasteiger partial charge is 0.126 e. The molecule has 0 spiro atoms. The quantitative estimate of drug-likeness (QED) is 0.810. The molecule has 1 fully saturated rings. The van der Waals surface area contributed by atoms with Gasteiger partial charge in [-0.25, -0.2) is 4.39 Å². The van der Waals surface area contributed by atoms with E-state index < -0.39 is 5.60 Å². The number of halogens is 1. The van der Waals surface area contributed by atoms with Gasteiger partial charge in [-0.2, -0.15) is 0 Å². The molecule has 1 aromatic carbocycles. The highest BCUT2D eigenvalue weighted by molar-refractivity contribution is 5.25. The van der Waals surface area contributed by atoms with Crippen LogP contribution in [0.15, 0.2) is 24.3 Å².